The average Bonchev–Trinajstić information content (AvgIpc) is 2.26. The van der Waals surface area contributed by atoms with Gasteiger partial charge in [-0.25, -0.2) is 13.6 Å². The minimum Gasteiger partial charge on any atom is -0.352 e. The third kappa shape index (κ3) is 4.73. The van der Waals surface area contributed by atoms with Crippen LogP contribution in [0.25, 0.3) is 0 Å². The van der Waals surface area contributed by atoms with Gasteiger partial charge in [0.1, 0.15) is 0 Å². The van der Waals surface area contributed by atoms with Crippen molar-refractivity contribution in [3.8, 4) is 0 Å². The van der Waals surface area contributed by atoms with Crippen LogP contribution in [0.5, 0.6) is 0 Å². The maximum atomic E-state index is 12.0. The van der Waals surface area contributed by atoms with Gasteiger partial charge in [-0.2, -0.15) is 0 Å². The Morgan fingerprint density at radius 1 is 1.40 bits per heavy atom. The molecule has 0 saturated carbocycles. The second-order valence-corrected chi connectivity index (χ2v) is 8.29. The molecule has 112 valence electrons. The number of hydrogen-bond acceptors (Lipinski definition) is 3. The van der Waals surface area contributed by atoms with Crippen LogP contribution < -0.4 is 10.5 Å². The second-order valence-electron chi connectivity index (χ2n) is 5.56. The van der Waals surface area contributed by atoms with Crippen LogP contribution in [0.3, 0.4) is 0 Å². The number of carbonyl (C=O) groups excluding carboxylic acids is 1. The maximum Gasteiger partial charge on any atom is 0.251 e. The summed E-state index contributed by atoms with van der Waals surface area (Å²) in [5.41, 5.74) is 0.0592. The molecule has 0 aliphatic heterocycles. The van der Waals surface area contributed by atoms with E-state index in [9.17, 15) is 13.2 Å². The number of sulfonamides is 1. The van der Waals surface area contributed by atoms with E-state index < -0.39 is 15.9 Å². The van der Waals surface area contributed by atoms with Gasteiger partial charge in [0.15, 0.2) is 0 Å². The lowest BCUT2D eigenvalue weighted by Gasteiger charge is -2.19. The van der Waals surface area contributed by atoms with Gasteiger partial charge in [-0.05, 0) is 33.5 Å². The molecular weight excluding hydrogens is 368 g/mol. The normalized spacial score (nSPS) is 12.3. The van der Waals surface area contributed by atoms with Gasteiger partial charge in [0.25, 0.3) is 5.91 Å². The van der Waals surface area contributed by atoms with Gasteiger partial charge in [-0.3, -0.25) is 4.79 Å². The summed E-state index contributed by atoms with van der Waals surface area (Å²) in [4.78, 5) is 11.8. The summed E-state index contributed by atoms with van der Waals surface area (Å²) >= 11 is 8.96. The molecule has 1 aromatic carbocycles. The Balaban J connectivity index is 3.15. The number of nitrogens with two attached hydrogens (primary N) is 1. The molecule has 0 spiro atoms. The Kier molecular flexibility index (Phi) is 5.23. The quantitative estimate of drug-likeness (QED) is 0.840. The number of carbonyl (C=O) groups is 1. The van der Waals surface area contributed by atoms with Crippen LogP contribution in [0.4, 0.5) is 0 Å². The van der Waals surface area contributed by atoms with E-state index in [-0.39, 0.29) is 25.4 Å². The van der Waals surface area contributed by atoms with E-state index in [2.05, 4.69) is 21.2 Å². The first kappa shape index (κ1) is 17.4. The third-order valence-electron chi connectivity index (χ3n) is 2.34. The van der Waals surface area contributed by atoms with Crippen LogP contribution in [0.15, 0.2) is 21.5 Å². The summed E-state index contributed by atoms with van der Waals surface area (Å²) in [6.07, 6.45) is 0. The molecule has 0 radical (unpaired) electrons. The van der Waals surface area contributed by atoms with Crippen LogP contribution in [-0.4, -0.2) is 20.9 Å². The van der Waals surface area contributed by atoms with Gasteiger partial charge < -0.3 is 5.32 Å². The van der Waals surface area contributed by atoms with Gasteiger partial charge in [0.05, 0.1) is 14.4 Å². The molecular formula is C12H16BrClN2O3S. The predicted octanol–water partition coefficient (Wildman–Crippen LogP) is 2.53. The summed E-state index contributed by atoms with van der Waals surface area (Å²) in [7, 11) is -3.97. The molecule has 8 heteroatoms. The fourth-order valence-electron chi connectivity index (χ4n) is 1.35. The standard InChI is InChI=1S/C12H16BrClN2O3S/c1-12(2,3)6-16-11(17)7-4-8(14)10(13)9(5-7)20(15,18)19/h4-5H,6H2,1-3H3,(H,16,17)(H2,15,18,19). The lowest BCUT2D eigenvalue weighted by atomic mass is 9.97. The topological polar surface area (TPSA) is 89.3 Å². The van der Waals surface area contributed by atoms with E-state index in [4.69, 9.17) is 16.7 Å². The summed E-state index contributed by atoms with van der Waals surface area (Å²) in [6.45, 7) is 6.36. The fourth-order valence-corrected chi connectivity index (χ4v) is 3.18. The van der Waals surface area contributed by atoms with E-state index in [1.807, 2.05) is 20.8 Å². The monoisotopic (exact) mass is 382 g/mol. The molecule has 0 unspecified atom stereocenters. The van der Waals surface area contributed by atoms with E-state index in [1.165, 1.54) is 12.1 Å². The fraction of sp³-hybridized carbons (Fsp3) is 0.417. The first-order chi connectivity index (χ1) is 8.92. The highest BCUT2D eigenvalue weighted by Gasteiger charge is 2.20. The zero-order valence-corrected chi connectivity index (χ0v) is 14.5. The van der Waals surface area contributed by atoms with Gasteiger partial charge in [0.2, 0.25) is 10.0 Å². The number of rotatable bonds is 3. The molecule has 0 bridgehead atoms. The molecule has 3 N–H and O–H groups in total. The number of hydrogen-bond donors (Lipinski definition) is 2. The molecule has 20 heavy (non-hydrogen) atoms. The lowest BCUT2D eigenvalue weighted by Crippen LogP contribution is -2.32. The Hall–Kier alpha value is -0.630. The van der Waals surface area contributed by atoms with Crippen molar-refractivity contribution in [2.75, 3.05) is 6.54 Å². The van der Waals surface area contributed by atoms with Gasteiger partial charge in [0, 0.05) is 12.1 Å². The number of nitrogens with one attached hydrogen (secondary N) is 1. The lowest BCUT2D eigenvalue weighted by molar-refractivity contribution is 0.0939. The molecule has 0 aliphatic carbocycles. The number of benzene rings is 1. The van der Waals surface area contributed by atoms with Crippen LogP contribution in [0, 0.1) is 5.41 Å². The molecule has 1 rings (SSSR count). The third-order valence-corrected chi connectivity index (χ3v) is 4.92. The average molecular weight is 384 g/mol. The highest BCUT2D eigenvalue weighted by Crippen LogP contribution is 2.30. The van der Waals surface area contributed by atoms with Crippen LogP contribution in [0.1, 0.15) is 31.1 Å². The summed E-state index contributed by atoms with van der Waals surface area (Å²) in [5.74, 6) is -0.403. The smallest absolute Gasteiger partial charge is 0.251 e. The minimum absolute atomic E-state index is 0.0857. The van der Waals surface area contributed by atoms with Crippen molar-refractivity contribution in [1.29, 1.82) is 0 Å². The molecule has 1 amide bonds. The summed E-state index contributed by atoms with van der Waals surface area (Å²) < 4.78 is 23.1. The molecule has 0 atom stereocenters. The van der Waals surface area contributed by atoms with Gasteiger partial charge in [-0.1, -0.05) is 32.4 Å². The van der Waals surface area contributed by atoms with Crippen molar-refractivity contribution in [2.24, 2.45) is 10.6 Å². The largest absolute Gasteiger partial charge is 0.352 e. The highest BCUT2D eigenvalue weighted by atomic mass is 79.9. The number of amides is 1. The first-order valence-corrected chi connectivity index (χ1v) is 8.43. The molecule has 0 fully saturated rings. The van der Waals surface area contributed by atoms with E-state index >= 15 is 0 Å². The molecule has 5 nitrogen and oxygen atoms in total. The molecule has 0 heterocycles. The van der Waals surface area contributed by atoms with Crippen molar-refractivity contribution in [3.63, 3.8) is 0 Å². The summed E-state index contributed by atoms with van der Waals surface area (Å²) in [6, 6.07) is 2.58. The Labute approximate surface area is 132 Å². The predicted molar refractivity (Wildman–Crippen MR) is 82.3 cm³/mol. The van der Waals surface area contributed by atoms with Crippen molar-refractivity contribution in [3.05, 3.63) is 27.2 Å². The SMILES string of the molecule is CC(C)(C)CNC(=O)c1cc(Cl)c(Br)c(S(N)(=O)=O)c1. The maximum absolute atomic E-state index is 12.0. The van der Waals surface area contributed by atoms with E-state index in [0.29, 0.717) is 6.54 Å². The van der Waals surface area contributed by atoms with E-state index in [0.717, 1.165) is 0 Å². The number of halogens is 2. The van der Waals surface area contributed by atoms with Gasteiger partial charge in [-0.15, -0.1) is 0 Å². The zero-order valence-electron chi connectivity index (χ0n) is 11.3. The van der Waals surface area contributed by atoms with Crippen molar-refractivity contribution < 1.29 is 13.2 Å². The van der Waals surface area contributed by atoms with Gasteiger partial charge >= 0.3 is 0 Å². The molecule has 0 aliphatic rings. The Bertz CT molecular complexity index is 639. The Morgan fingerprint density at radius 2 is 1.95 bits per heavy atom. The number of primary sulfonamides is 1. The zero-order chi connectivity index (χ0) is 15.7. The minimum atomic E-state index is -3.97. The highest BCUT2D eigenvalue weighted by molar-refractivity contribution is 9.10. The van der Waals surface area contributed by atoms with Crippen LogP contribution in [0.2, 0.25) is 5.02 Å². The summed E-state index contributed by atoms with van der Waals surface area (Å²) in [5, 5.41) is 7.92. The van der Waals surface area contributed by atoms with E-state index in [1.54, 1.807) is 0 Å². The first-order valence-electron chi connectivity index (χ1n) is 5.72. The second kappa shape index (κ2) is 6.01. The molecule has 1 aromatic rings. The van der Waals surface area contributed by atoms with Crippen molar-refractivity contribution in [2.45, 2.75) is 25.7 Å². The Morgan fingerprint density at radius 3 is 2.40 bits per heavy atom. The van der Waals surface area contributed by atoms with Crippen LogP contribution >= 0.6 is 27.5 Å². The van der Waals surface area contributed by atoms with Crippen molar-refractivity contribution in [1.82, 2.24) is 5.32 Å². The van der Waals surface area contributed by atoms with Crippen LogP contribution in [-0.2, 0) is 10.0 Å². The molecule has 0 saturated heterocycles. The molecule has 0 aromatic heterocycles. The van der Waals surface area contributed by atoms with Crippen molar-refractivity contribution >= 4 is 43.5 Å².